The number of ether oxygens (including phenoxy) is 2. The van der Waals surface area contributed by atoms with E-state index in [0.29, 0.717) is 0 Å². The highest BCUT2D eigenvalue weighted by Crippen LogP contribution is 2.12. The molecule has 21 heavy (non-hydrogen) atoms. The number of aryl methyl sites for hydroxylation is 1. The second kappa shape index (κ2) is 8.19. The molecule has 5 heteroatoms. The van der Waals surface area contributed by atoms with Gasteiger partial charge in [0.15, 0.2) is 5.78 Å². The molecule has 0 aliphatic carbocycles. The summed E-state index contributed by atoms with van der Waals surface area (Å²) < 4.78 is 9.58. The van der Waals surface area contributed by atoms with E-state index in [0.717, 1.165) is 11.1 Å². The Labute approximate surface area is 124 Å². The molecule has 0 radical (unpaired) electrons. The molecule has 0 heterocycles. The maximum absolute atomic E-state index is 12.2. The van der Waals surface area contributed by atoms with Crippen molar-refractivity contribution in [3.05, 3.63) is 35.4 Å². The maximum atomic E-state index is 12.2. The first kappa shape index (κ1) is 16.9. The van der Waals surface area contributed by atoms with Crippen molar-refractivity contribution in [3.63, 3.8) is 0 Å². The van der Waals surface area contributed by atoms with E-state index >= 15 is 0 Å². The monoisotopic (exact) mass is 292 g/mol. The first-order valence-corrected chi connectivity index (χ1v) is 6.91. The van der Waals surface area contributed by atoms with Gasteiger partial charge in [-0.25, -0.2) is 0 Å². The number of Topliss-reactive ketones (excluding diaryl/α,β-unsaturated/α-hetero) is 1. The standard InChI is InChI=1S/C16H20O5/c1-4-20-15(18)14(16(19)21-5-2)13(17)10-12-8-6-11(3)7-9-12/h6-9,14H,4-5,10H2,1-3H3. The van der Waals surface area contributed by atoms with Crippen molar-refractivity contribution < 1.29 is 23.9 Å². The molecule has 1 aromatic rings. The van der Waals surface area contributed by atoms with Crippen LogP contribution < -0.4 is 0 Å². The molecule has 0 spiro atoms. The molecular weight excluding hydrogens is 272 g/mol. The summed E-state index contributed by atoms with van der Waals surface area (Å²) >= 11 is 0. The summed E-state index contributed by atoms with van der Waals surface area (Å²) in [5.74, 6) is -3.73. The Morgan fingerprint density at radius 2 is 1.43 bits per heavy atom. The highest BCUT2D eigenvalue weighted by atomic mass is 16.6. The molecule has 1 rings (SSSR count). The third kappa shape index (κ3) is 5.02. The summed E-state index contributed by atoms with van der Waals surface area (Å²) in [6.07, 6.45) is -0.0113. The molecule has 0 aliphatic heterocycles. The summed E-state index contributed by atoms with van der Waals surface area (Å²) in [6.45, 7) is 5.37. The quantitative estimate of drug-likeness (QED) is 0.566. The van der Waals surface area contributed by atoms with Crippen LogP contribution in [0.2, 0.25) is 0 Å². The molecule has 0 bridgehead atoms. The number of rotatable bonds is 7. The van der Waals surface area contributed by atoms with Gasteiger partial charge in [-0.1, -0.05) is 29.8 Å². The van der Waals surface area contributed by atoms with Crippen LogP contribution in [0.25, 0.3) is 0 Å². The number of hydrogen-bond acceptors (Lipinski definition) is 5. The van der Waals surface area contributed by atoms with E-state index in [4.69, 9.17) is 9.47 Å². The zero-order valence-electron chi connectivity index (χ0n) is 12.5. The highest BCUT2D eigenvalue weighted by Gasteiger charge is 2.36. The number of carbonyl (C=O) groups excluding carboxylic acids is 3. The van der Waals surface area contributed by atoms with Crippen molar-refractivity contribution >= 4 is 17.7 Å². The van der Waals surface area contributed by atoms with Gasteiger partial charge in [-0.2, -0.15) is 0 Å². The zero-order valence-corrected chi connectivity index (χ0v) is 12.5. The van der Waals surface area contributed by atoms with Crippen molar-refractivity contribution in [1.29, 1.82) is 0 Å². The van der Waals surface area contributed by atoms with Crippen LogP contribution in [0.4, 0.5) is 0 Å². The second-order valence-corrected chi connectivity index (χ2v) is 4.57. The largest absolute Gasteiger partial charge is 0.465 e. The van der Waals surface area contributed by atoms with Gasteiger partial charge in [0.2, 0.25) is 5.92 Å². The third-order valence-corrected chi connectivity index (χ3v) is 2.87. The van der Waals surface area contributed by atoms with Crippen LogP contribution in [-0.4, -0.2) is 30.9 Å². The van der Waals surface area contributed by atoms with Crippen molar-refractivity contribution in [2.24, 2.45) is 5.92 Å². The molecule has 1 aromatic carbocycles. The summed E-state index contributed by atoms with van der Waals surface area (Å²) in [5.41, 5.74) is 1.81. The van der Waals surface area contributed by atoms with Gasteiger partial charge in [0.1, 0.15) is 0 Å². The molecule has 0 saturated carbocycles. The summed E-state index contributed by atoms with van der Waals surface area (Å²) in [4.78, 5) is 35.8. The number of esters is 2. The molecule has 0 atom stereocenters. The van der Waals surface area contributed by atoms with Crippen molar-refractivity contribution in [2.45, 2.75) is 27.2 Å². The molecule has 0 fully saturated rings. The predicted molar refractivity (Wildman–Crippen MR) is 76.6 cm³/mol. The lowest BCUT2D eigenvalue weighted by atomic mass is 9.97. The molecule has 0 saturated heterocycles. The molecule has 0 N–H and O–H groups in total. The van der Waals surface area contributed by atoms with Gasteiger partial charge in [0.05, 0.1) is 13.2 Å². The van der Waals surface area contributed by atoms with E-state index in [1.165, 1.54) is 0 Å². The van der Waals surface area contributed by atoms with E-state index in [2.05, 4.69) is 0 Å². The highest BCUT2D eigenvalue weighted by molar-refractivity contribution is 6.15. The topological polar surface area (TPSA) is 69.7 Å². The Morgan fingerprint density at radius 3 is 1.86 bits per heavy atom. The van der Waals surface area contributed by atoms with Gasteiger partial charge in [-0.05, 0) is 26.3 Å². The first-order valence-electron chi connectivity index (χ1n) is 6.91. The molecule has 0 amide bonds. The van der Waals surface area contributed by atoms with Gasteiger partial charge in [-0.15, -0.1) is 0 Å². The fraction of sp³-hybridized carbons (Fsp3) is 0.438. The predicted octanol–water partition coefficient (Wildman–Crippen LogP) is 1.85. The average molecular weight is 292 g/mol. The van der Waals surface area contributed by atoms with E-state index in [1.807, 2.05) is 19.1 Å². The molecule has 5 nitrogen and oxygen atoms in total. The van der Waals surface area contributed by atoms with E-state index in [9.17, 15) is 14.4 Å². The zero-order chi connectivity index (χ0) is 15.8. The Balaban J connectivity index is 2.86. The first-order chi connectivity index (χ1) is 9.99. The van der Waals surface area contributed by atoms with Crippen LogP contribution in [0, 0.1) is 12.8 Å². The minimum Gasteiger partial charge on any atom is -0.465 e. The Kier molecular flexibility index (Phi) is 6.59. The summed E-state index contributed by atoms with van der Waals surface area (Å²) in [6, 6.07) is 7.32. The second-order valence-electron chi connectivity index (χ2n) is 4.57. The number of carbonyl (C=O) groups is 3. The minimum absolute atomic E-state index is 0.0113. The molecule has 0 unspecified atom stereocenters. The third-order valence-electron chi connectivity index (χ3n) is 2.87. The summed E-state index contributed by atoms with van der Waals surface area (Å²) in [5, 5.41) is 0. The lowest BCUT2D eigenvalue weighted by Crippen LogP contribution is -2.35. The fourth-order valence-corrected chi connectivity index (χ4v) is 1.82. The van der Waals surface area contributed by atoms with Gasteiger partial charge in [0, 0.05) is 6.42 Å². The molecule has 114 valence electrons. The number of hydrogen-bond donors (Lipinski definition) is 0. The number of ketones is 1. The lowest BCUT2D eigenvalue weighted by Gasteiger charge is -2.13. The normalized spacial score (nSPS) is 10.3. The average Bonchev–Trinajstić information content (AvgIpc) is 2.42. The lowest BCUT2D eigenvalue weighted by molar-refractivity contribution is -0.163. The van der Waals surface area contributed by atoms with Gasteiger partial charge < -0.3 is 9.47 Å². The Bertz CT molecular complexity index is 486. The van der Waals surface area contributed by atoms with Crippen LogP contribution in [0.3, 0.4) is 0 Å². The van der Waals surface area contributed by atoms with Crippen LogP contribution in [0.15, 0.2) is 24.3 Å². The van der Waals surface area contributed by atoms with E-state index < -0.39 is 23.6 Å². The SMILES string of the molecule is CCOC(=O)C(C(=O)Cc1ccc(C)cc1)C(=O)OCC. The molecule has 0 aliphatic rings. The van der Waals surface area contributed by atoms with Crippen LogP contribution in [-0.2, 0) is 30.3 Å². The van der Waals surface area contributed by atoms with Gasteiger partial charge >= 0.3 is 11.9 Å². The Hall–Kier alpha value is -2.17. The van der Waals surface area contributed by atoms with Gasteiger partial charge in [-0.3, -0.25) is 14.4 Å². The smallest absolute Gasteiger partial charge is 0.328 e. The van der Waals surface area contributed by atoms with Crippen LogP contribution in [0.1, 0.15) is 25.0 Å². The number of benzene rings is 1. The van der Waals surface area contributed by atoms with E-state index in [1.54, 1.807) is 26.0 Å². The van der Waals surface area contributed by atoms with Crippen LogP contribution in [0.5, 0.6) is 0 Å². The van der Waals surface area contributed by atoms with Crippen LogP contribution >= 0.6 is 0 Å². The van der Waals surface area contributed by atoms with E-state index in [-0.39, 0.29) is 19.6 Å². The summed E-state index contributed by atoms with van der Waals surface area (Å²) in [7, 11) is 0. The maximum Gasteiger partial charge on any atom is 0.328 e. The minimum atomic E-state index is -1.51. The van der Waals surface area contributed by atoms with Gasteiger partial charge in [0.25, 0.3) is 0 Å². The molecular formula is C16H20O5. The molecule has 0 aromatic heterocycles. The van der Waals surface area contributed by atoms with Crippen molar-refractivity contribution in [2.75, 3.05) is 13.2 Å². The fourth-order valence-electron chi connectivity index (χ4n) is 1.82. The Morgan fingerprint density at radius 1 is 0.952 bits per heavy atom. The van der Waals surface area contributed by atoms with Crippen molar-refractivity contribution in [1.82, 2.24) is 0 Å². The van der Waals surface area contributed by atoms with Crippen molar-refractivity contribution in [3.8, 4) is 0 Å².